The number of carbonyl (C=O) groups is 2. The van der Waals surface area contributed by atoms with Crippen LogP contribution in [-0.2, 0) is 0 Å². The van der Waals surface area contributed by atoms with Gasteiger partial charge in [-0.1, -0.05) is 47.5 Å². The average molecular weight is 444 g/mol. The smallest absolute Gasteiger partial charge is 0.357 e. The molecule has 0 spiro atoms. The zero-order valence-electron chi connectivity index (χ0n) is 16.5. The van der Waals surface area contributed by atoms with Crippen molar-refractivity contribution in [1.29, 1.82) is 0 Å². The van der Waals surface area contributed by atoms with E-state index >= 15 is 0 Å². The number of carboxylic acids is 1. The lowest BCUT2D eigenvalue weighted by atomic mass is 10.0. The SMILES string of the molecule is CC(C)(C)NC(=O)c1nc(-c2ccc(Cl)cc2)c(-c2ccc(Cl)cc2)nc1C(=O)O. The molecule has 1 heterocycles. The van der Waals surface area contributed by atoms with Gasteiger partial charge in [-0.3, -0.25) is 4.79 Å². The van der Waals surface area contributed by atoms with Crippen LogP contribution >= 0.6 is 23.2 Å². The third-order valence-corrected chi connectivity index (χ3v) is 4.54. The fourth-order valence-electron chi connectivity index (χ4n) is 2.76. The van der Waals surface area contributed by atoms with E-state index in [9.17, 15) is 14.7 Å². The number of hydrogen-bond donors (Lipinski definition) is 2. The van der Waals surface area contributed by atoms with Crippen molar-refractivity contribution in [3.05, 3.63) is 70.0 Å². The molecule has 0 radical (unpaired) electrons. The van der Waals surface area contributed by atoms with Crippen molar-refractivity contribution < 1.29 is 14.7 Å². The second-order valence-corrected chi connectivity index (χ2v) is 8.51. The first kappa shape index (κ1) is 21.7. The summed E-state index contributed by atoms with van der Waals surface area (Å²) in [7, 11) is 0. The number of halogens is 2. The Hall–Kier alpha value is -2.96. The third kappa shape index (κ3) is 4.96. The second-order valence-electron chi connectivity index (χ2n) is 7.64. The molecule has 0 saturated heterocycles. The van der Waals surface area contributed by atoms with E-state index in [1.807, 2.05) is 0 Å². The minimum atomic E-state index is -1.35. The van der Waals surface area contributed by atoms with Gasteiger partial charge in [-0.15, -0.1) is 0 Å². The molecule has 30 heavy (non-hydrogen) atoms. The largest absolute Gasteiger partial charge is 0.476 e. The van der Waals surface area contributed by atoms with E-state index in [1.165, 1.54) is 0 Å². The van der Waals surface area contributed by atoms with Crippen LogP contribution in [0.15, 0.2) is 48.5 Å². The number of hydrogen-bond acceptors (Lipinski definition) is 4. The first-order chi connectivity index (χ1) is 14.0. The zero-order valence-corrected chi connectivity index (χ0v) is 18.0. The van der Waals surface area contributed by atoms with Crippen LogP contribution in [0.5, 0.6) is 0 Å². The molecule has 1 amide bonds. The van der Waals surface area contributed by atoms with E-state index in [-0.39, 0.29) is 5.69 Å². The van der Waals surface area contributed by atoms with Gasteiger partial charge in [0.2, 0.25) is 0 Å². The maximum absolute atomic E-state index is 12.8. The third-order valence-electron chi connectivity index (χ3n) is 4.04. The number of nitrogens with zero attached hydrogens (tertiary/aromatic N) is 2. The maximum atomic E-state index is 12.8. The van der Waals surface area contributed by atoms with Gasteiger partial charge in [0.15, 0.2) is 11.4 Å². The minimum absolute atomic E-state index is 0.264. The van der Waals surface area contributed by atoms with E-state index in [2.05, 4.69) is 15.3 Å². The molecule has 0 fully saturated rings. The number of rotatable bonds is 4. The summed E-state index contributed by atoms with van der Waals surface area (Å²) in [4.78, 5) is 33.5. The summed E-state index contributed by atoms with van der Waals surface area (Å²) >= 11 is 12.0. The van der Waals surface area contributed by atoms with Crippen molar-refractivity contribution in [2.24, 2.45) is 0 Å². The Balaban J connectivity index is 2.28. The summed E-state index contributed by atoms with van der Waals surface area (Å²) < 4.78 is 0. The molecule has 1 aromatic heterocycles. The molecular formula is C22H19Cl2N3O3. The van der Waals surface area contributed by atoms with Crippen molar-refractivity contribution in [2.45, 2.75) is 26.3 Å². The van der Waals surface area contributed by atoms with Crippen LogP contribution < -0.4 is 5.32 Å². The topological polar surface area (TPSA) is 92.2 Å². The van der Waals surface area contributed by atoms with Gasteiger partial charge in [0, 0.05) is 26.7 Å². The summed E-state index contributed by atoms with van der Waals surface area (Å²) in [6.07, 6.45) is 0. The molecule has 3 aromatic rings. The number of aromatic nitrogens is 2. The normalized spacial score (nSPS) is 11.2. The quantitative estimate of drug-likeness (QED) is 0.567. The lowest BCUT2D eigenvalue weighted by Crippen LogP contribution is -2.41. The lowest BCUT2D eigenvalue weighted by molar-refractivity contribution is 0.0682. The molecule has 154 valence electrons. The van der Waals surface area contributed by atoms with Crippen LogP contribution in [0.1, 0.15) is 41.7 Å². The Kier molecular flexibility index (Phi) is 6.10. The highest BCUT2D eigenvalue weighted by Gasteiger charge is 2.27. The average Bonchev–Trinajstić information content (AvgIpc) is 2.67. The van der Waals surface area contributed by atoms with E-state index in [0.29, 0.717) is 32.6 Å². The van der Waals surface area contributed by atoms with Crippen LogP contribution in [0, 0.1) is 0 Å². The van der Waals surface area contributed by atoms with E-state index < -0.39 is 23.1 Å². The molecule has 0 aliphatic carbocycles. The van der Waals surface area contributed by atoms with Crippen LogP contribution in [-0.4, -0.2) is 32.5 Å². The lowest BCUT2D eigenvalue weighted by Gasteiger charge is -2.21. The summed E-state index contributed by atoms with van der Waals surface area (Å²) in [6, 6.07) is 13.6. The molecule has 0 saturated carbocycles. The number of benzene rings is 2. The molecule has 0 aliphatic rings. The fraction of sp³-hybridized carbons (Fsp3) is 0.182. The summed E-state index contributed by atoms with van der Waals surface area (Å²) in [5.41, 5.74) is 0.654. The molecule has 2 aromatic carbocycles. The second kappa shape index (κ2) is 8.42. The number of aromatic carboxylic acids is 1. The summed E-state index contributed by atoms with van der Waals surface area (Å²) in [6.45, 7) is 5.38. The highest BCUT2D eigenvalue weighted by molar-refractivity contribution is 6.31. The first-order valence-electron chi connectivity index (χ1n) is 9.05. The number of carboxylic acid groups (broad SMARTS) is 1. The van der Waals surface area contributed by atoms with Gasteiger partial charge in [-0.2, -0.15) is 0 Å². The maximum Gasteiger partial charge on any atom is 0.357 e. The van der Waals surface area contributed by atoms with Crippen molar-refractivity contribution >= 4 is 35.1 Å². The molecule has 6 nitrogen and oxygen atoms in total. The Bertz CT molecular complexity index is 1110. The molecule has 0 bridgehead atoms. The van der Waals surface area contributed by atoms with Gasteiger partial charge in [-0.05, 0) is 45.0 Å². The predicted octanol–water partition coefficient (Wildman–Crippen LogP) is 5.34. The zero-order chi connectivity index (χ0) is 22.1. The molecule has 0 unspecified atom stereocenters. The first-order valence-corrected chi connectivity index (χ1v) is 9.80. The summed E-state index contributed by atoms with van der Waals surface area (Å²) in [5.74, 6) is -1.97. The van der Waals surface area contributed by atoms with Gasteiger partial charge in [0.1, 0.15) is 0 Å². The van der Waals surface area contributed by atoms with Gasteiger partial charge in [-0.25, -0.2) is 14.8 Å². The predicted molar refractivity (Wildman–Crippen MR) is 117 cm³/mol. The van der Waals surface area contributed by atoms with Gasteiger partial charge in [0.25, 0.3) is 5.91 Å². The number of nitrogens with one attached hydrogen (secondary N) is 1. The Morgan fingerprint density at radius 2 is 1.20 bits per heavy atom. The fourth-order valence-corrected chi connectivity index (χ4v) is 3.01. The van der Waals surface area contributed by atoms with Crippen molar-refractivity contribution in [1.82, 2.24) is 15.3 Å². The molecule has 0 atom stereocenters. The molecule has 0 aliphatic heterocycles. The van der Waals surface area contributed by atoms with Gasteiger partial charge in [0.05, 0.1) is 11.4 Å². The van der Waals surface area contributed by atoms with Crippen LogP contribution in [0.4, 0.5) is 0 Å². The van der Waals surface area contributed by atoms with Crippen LogP contribution in [0.2, 0.25) is 10.0 Å². The van der Waals surface area contributed by atoms with E-state index in [0.717, 1.165) is 0 Å². The number of amides is 1. The highest BCUT2D eigenvalue weighted by Crippen LogP contribution is 2.31. The van der Waals surface area contributed by atoms with Crippen molar-refractivity contribution in [2.75, 3.05) is 0 Å². The highest BCUT2D eigenvalue weighted by atomic mass is 35.5. The Morgan fingerprint density at radius 1 is 0.800 bits per heavy atom. The van der Waals surface area contributed by atoms with Gasteiger partial charge < -0.3 is 10.4 Å². The standard InChI is InChI=1S/C22H19Cl2N3O3/c1-22(2,3)27-20(28)18-19(21(29)30)26-17(13-6-10-15(24)11-7-13)16(25-18)12-4-8-14(23)9-5-12/h4-11H,1-3H3,(H,27,28)(H,29,30). The monoisotopic (exact) mass is 443 g/mol. The molecule has 3 rings (SSSR count). The Morgan fingerprint density at radius 3 is 1.57 bits per heavy atom. The van der Waals surface area contributed by atoms with E-state index in [1.54, 1.807) is 69.3 Å². The van der Waals surface area contributed by atoms with Crippen LogP contribution in [0.25, 0.3) is 22.5 Å². The van der Waals surface area contributed by atoms with Crippen LogP contribution in [0.3, 0.4) is 0 Å². The molecule has 8 heteroatoms. The minimum Gasteiger partial charge on any atom is -0.476 e. The van der Waals surface area contributed by atoms with E-state index in [4.69, 9.17) is 23.2 Å². The summed E-state index contributed by atoms with van der Waals surface area (Å²) in [5, 5.41) is 13.5. The Labute approximate surface area is 183 Å². The number of carbonyl (C=O) groups excluding carboxylic acids is 1. The van der Waals surface area contributed by atoms with Gasteiger partial charge >= 0.3 is 5.97 Å². The molecule has 2 N–H and O–H groups in total. The van der Waals surface area contributed by atoms with Crippen molar-refractivity contribution in [3.63, 3.8) is 0 Å². The molecular weight excluding hydrogens is 425 g/mol. The van der Waals surface area contributed by atoms with Crippen molar-refractivity contribution in [3.8, 4) is 22.5 Å².